The molecule has 5 nitrogen and oxygen atoms in total. The second-order valence-corrected chi connectivity index (χ2v) is 6.18. The molecule has 0 aliphatic heterocycles. The fourth-order valence-electron chi connectivity index (χ4n) is 1.98. The van der Waals surface area contributed by atoms with Gasteiger partial charge in [-0.25, -0.2) is 0 Å². The minimum atomic E-state index is -0.406. The van der Waals surface area contributed by atoms with E-state index in [0.29, 0.717) is 23.8 Å². The van der Waals surface area contributed by atoms with Crippen molar-refractivity contribution in [3.05, 3.63) is 46.2 Å². The van der Waals surface area contributed by atoms with Crippen molar-refractivity contribution in [2.75, 3.05) is 11.9 Å². The molecule has 1 aromatic heterocycles. The van der Waals surface area contributed by atoms with Gasteiger partial charge in [-0.2, -0.15) is 0 Å². The zero-order valence-electron chi connectivity index (χ0n) is 14.1. The summed E-state index contributed by atoms with van der Waals surface area (Å²) in [6.07, 6.45) is 5.06. The molecule has 1 aliphatic rings. The summed E-state index contributed by atoms with van der Waals surface area (Å²) in [5.74, 6) is 0.427. The Morgan fingerprint density at radius 3 is 2.52 bits per heavy atom. The number of phenolic OH excluding ortho intramolecular Hbond substituents is 1. The number of hydrogen-bond donors (Lipinski definition) is 2. The van der Waals surface area contributed by atoms with Crippen molar-refractivity contribution < 1.29 is 14.6 Å². The fourth-order valence-corrected chi connectivity index (χ4v) is 2.44. The zero-order valence-corrected chi connectivity index (χ0v) is 15.6. The first-order valence-electron chi connectivity index (χ1n) is 8.11. The maximum absolute atomic E-state index is 12.3. The predicted molar refractivity (Wildman–Crippen MR) is 99.9 cm³/mol. The molecule has 1 saturated carbocycles. The molecule has 2 N–H and O–H groups in total. The minimum absolute atomic E-state index is 0.00201. The molecule has 3 rings (SSSR count). The van der Waals surface area contributed by atoms with Crippen LogP contribution in [0.3, 0.4) is 0 Å². The summed E-state index contributed by atoms with van der Waals surface area (Å²) in [6, 6.07) is 4.42. The molecule has 1 aliphatic carbocycles. The number of carbonyl (C=O) groups is 1. The molecule has 1 aromatic carbocycles. The van der Waals surface area contributed by atoms with Crippen LogP contribution in [0.4, 0.5) is 5.69 Å². The van der Waals surface area contributed by atoms with Crippen LogP contribution in [0.25, 0.3) is 0 Å². The molecular formula is C18H20Cl2N2O3. The number of amides is 1. The van der Waals surface area contributed by atoms with Crippen LogP contribution in [0.2, 0.25) is 10.0 Å². The molecule has 134 valence electrons. The van der Waals surface area contributed by atoms with Gasteiger partial charge in [0, 0.05) is 18.0 Å². The Bertz CT molecular complexity index is 729. The first kappa shape index (κ1) is 19.3. The lowest BCUT2D eigenvalue weighted by atomic mass is 10.2. The monoisotopic (exact) mass is 382 g/mol. The van der Waals surface area contributed by atoms with Gasteiger partial charge in [0.25, 0.3) is 5.91 Å². The van der Waals surface area contributed by atoms with Crippen molar-refractivity contribution in [3.63, 3.8) is 0 Å². The second kappa shape index (κ2) is 8.92. The van der Waals surface area contributed by atoms with Gasteiger partial charge < -0.3 is 15.2 Å². The number of ether oxygens (including phenoxy) is 1. The van der Waals surface area contributed by atoms with E-state index in [0.717, 1.165) is 12.8 Å². The molecule has 1 fully saturated rings. The Kier molecular flexibility index (Phi) is 6.91. The second-order valence-electron chi connectivity index (χ2n) is 5.37. The zero-order chi connectivity index (χ0) is 18.4. The first-order chi connectivity index (χ1) is 12.0. The van der Waals surface area contributed by atoms with Crippen LogP contribution in [0, 0.1) is 5.92 Å². The van der Waals surface area contributed by atoms with Crippen LogP contribution in [0.15, 0.2) is 30.6 Å². The Labute approximate surface area is 156 Å². The number of halogens is 2. The SMILES string of the molecule is CC.O=C(Nc1c(Cl)cncc1Cl)c1ccc(O)c(OCC2CC2)c1. The van der Waals surface area contributed by atoms with Crippen molar-refractivity contribution in [2.45, 2.75) is 26.7 Å². The van der Waals surface area contributed by atoms with E-state index in [1.54, 1.807) is 0 Å². The van der Waals surface area contributed by atoms with Crippen LogP contribution in [-0.2, 0) is 0 Å². The normalized spacial score (nSPS) is 12.8. The smallest absolute Gasteiger partial charge is 0.255 e. The maximum Gasteiger partial charge on any atom is 0.255 e. The maximum atomic E-state index is 12.3. The number of carbonyl (C=O) groups excluding carboxylic acids is 1. The van der Waals surface area contributed by atoms with Gasteiger partial charge in [0.15, 0.2) is 11.5 Å². The number of aromatic hydroxyl groups is 1. The third-order valence-corrected chi connectivity index (χ3v) is 4.06. The summed E-state index contributed by atoms with van der Waals surface area (Å²) >= 11 is 12.0. The molecule has 0 unspecified atom stereocenters. The third kappa shape index (κ3) is 5.25. The summed E-state index contributed by atoms with van der Waals surface area (Å²) in [6.45, 7) is 4.54. The molecule has 1 amide bonds. The molecule has 0 spiro atoms. The van der Waals surface area contributed by atoms with Crippen molar-refractivity contribution in [1.29, 1.82) is 0 Å². The predicted octanol–water partition coefficient (Wildman–Crippen LogP) is 5.16. The van der Waals surface area contributed by atoms with Gasteiger partial charge in [-0.3, -0.25) is 9.78 Å². The Balaban J connectivity index is 0.00000109. The van der Waals surface area contributed by atoms with Gasteiger partial charge in [-0.1, -0.05) is 37.0 Å². The summed E-state index contributed by atoms with van der Waals surface area (Å²) in [5, 5.41) is 12.9. The summed E-state index contributed by atoms with van der Waals surface area (Å²) in [7, 11) is 0. The van der Waals surface area contributed by atoms with Crippen LogP contribution in [0.1, 0.15) is 37.0 Å². The van der Waals surface area contributed by atoms with Crippen LogP contribution in [-0.4, -0.2) is 22.6 Å². The number of nitrogens with zero attached hydrogens (tertiary/aromatic N) is 1. The number of anilines is 1. The Morgan fingerprint density at radius 2 is 1.92 bits per heavy atom. The molecule has 0 saturated heterocycles. The molecule has 0 radical (unpaired) electrons. The number of aromatic nitrogens is 1. The van der Waals surface area contributed by atoms with Gasteiger partial charge in [0.1, 0.15) is 0 Å². The Hall–Kier alpha value is -1.98. The number of nitrogens with one attached hydrogen (secondary N) is 1. The van der Waals surface area contributed by atoms with Gasteiger partial charge in [-0.05, 0) is 37.0 Å². The molecule has 2 aromatic rings. The molecule has 7 heteroatoms. The highest BCUT2D eigenvalue weighted by atomic mass is 35.5. The minimum Gasteiger partial charge on any atom is -0.504 e. The average molecular weight is 383 g/mol. The summed E-state index contributed by atoms with van der Waals surface area (Å²) in [4.78, 5) is 16.2. The first-order valence-corrected chi connectivity index (χ1v) is 8.86. The van der Waals surface area contributed by atoms with E-state index >= 15 is 0 Å². The lowest BCUT2D eigenvalue weighted by Gasteiger charge is -2.11. The van der Waals surface area contributed by atoms with Crippen LogP contribution < -0.4 is 10.1 Å². The molecular weight excluding hydrogens is 363 g/mol. The van der Waals surface area contributed by atoms with Crippen molar-refractivity contribution in [2.24, 2.45) is 5.92 Å². The van der Waals surface area contributed by atoms with Crippen molar-refractivity contribution in [3.8, 4) is 11.5 Å². The summed E-state index contributed by atoms with van der Waals surface area (Å²) < 4.78 is 5.56. The highest BCUT2D eigenvalue weighted by Gasteiger charge is 2.23. The Morgan fingerprint density at radius 1 is 1.28 bits per heavy atom. The van der Waals surface area contributed by atoms with Crippen LogP contribution >= 0.6 is 23.2 Å². The molecule has 25 heavy (non-hydrogen) atoms. The third-order valence-electron chi connectivity index (χ3n) is 3.49. The largest absolute Gasteiger partial charge is 0.504 e. The van der Waals surface area contributed by atoms with E-state index in [9.17, 15) is 9.90 Å². The quantitative estimate of drug-likeness (QED) is 0.748. The summed E-state index contributed by atoms with van der Waals surface area (Å²) in [5.41, 5.74) is 0.624. The van der Waals surface area contributed by atoms with E-state index < -0.39 is 5.91 Å². The van der Waals surface area contributed by atoms with Crippen LogP contribution in [0.5, 0.6) is 11.5 Å². The van der Waals surface area contributed by atoms with Gasteiger partial charge in [-0.15, -0.1) is 0 Å². The van der Waals surface area contributed by atoms with Crippen molar-refractivity contribution in [1.82, 2.24) is 4.98 Å². The molecule has 0 atom stereocenters. The standard InChI is InChI=1S/C16H14Cl2N2O3.C2H6/c17-11-6-19-7-12(18)15(11)20-16(22)10-3-4-13(21)14(5-10)23-8-9-1-2-9;1-2/h3-7,9,21H,1-2,8H2,(H,19,20,22);1-2H3. The van der Waals surface area contributed by atoms with E-state index in [4.69, 9.17) is 27.9 Å². The highest BCUT2D eigenvalue weighted by molar-refractivity contribution is 6.39. The highest BCUT2D eigenvalue weighted by Crippen LogP contribution is 2.33. The van der Waals surface area contributed by atoms with E-state index in [-0.39, 0.29) is 21.5 Å². The molecule has 0 bridgehead atoms. The van der Waals surface area contributed by atoms with E-state index in [1.807, 2.05) is 13.8 Å². The van der Waals surface area contributed by atoms with Gasteiger partial charge in [0.05, 0.1) is 22.3 Å². The lowest BCUT2D eigenvalue weighted by molar-refractivity contribution is 0.102. The number of rotatable bonds is 5. The average Bonchev–Trinajstić information content (AvgIpc) is 3.43. The van der Waals surface area contributed by atoms with Crippen molar-refractivity contribution >= 4 is 34.8 Å². The lowest BCUT2D eigenvalue weighted by Crippen LogP contribution is -2.13. The van der Waals surface area contributed by atoms with E-state index in [2.05, 4.69) is 10.3 Å². The number of phenols is 1. The van der Waals surface area contributed by atoms with E-state index in [1.165, 1.54) is 30.6 Å². The topological polar surface area (TPSA) is 71.5 Å². The number of hydrogen-bond acceptors (Lipinski definition) is 4. The van der Waals surface area contributed by atoms with Gasteiger partial charge >= 0.3 is 0 Å². The number of pyridine rings is 1. The van der Waals surface area contributed by atoms with Gasteiger partial charge in [0.2, 0.25) is 0 Å². The number of benzene rings is 1. The molecule has 1 heterocycles. The fraction of sp³-hybridized carbons (Fsp3) is 0.333.